The molecule has 5 aromatic rings. The molecule has 1 aromatic heterocycles. The zero-order chi connectivity index (χ0) is 34.9. The molecule has 2 fully saturated rings. The lowest BCUT2D eigenvalue weighted by molar-refractivity contribution is -0.191. The highest BCUT2D eigenvalue weighted by atomic mass is 16.7. The van der Waals surface area contributed by atoms with Crippen molar-refractivity contribution in [3.05, 3.63) is 154 Å². The molecule has 11 heteroatoms. The summed E-state index contributed by atoms with van der Waals surface area (Å²) in [7, 11) is 3.22. The number of amides is 1. The normalized spacial score (nSPS) is 21.2. The van der Waals surface area contributed by atoms with Crippen molar-refractivity contribution in [1.82, 2.24) is 9.55 Å². The molecule has 0 saturated carbocycles. The van der Waals surface area contributed by atoms with Crippen LogP contribution in [0, 0.1) is 6.92 Å². The predicted molar refractivity (Wildman–Crippen MR) is 184 cm³/mol. The van der Waals surface area contributed by atoms with Crippen LogP contribution in [0.2, 0.25) is 0 Å². The first-order valence-corrected chi connectivity index (χ1v) is 16.2. The molecule has 11 nitrogen and oxygen atoms in total. The van der Waals surface area contributed by atoms with Crippen LogP contribution in [0.15, 0.2) is 120 Å². The van der Waals surface area contributed by atoms with E-state index >= 15 is 0 Å². The second-order valence-corrected chi connectivity index (χ2v) is 12.3. The minimum atomic E-state index is -1.32. The molecule has 0 aliphatic carbocycles. The Morgan fingerprint density at radius 2 is 1.46 bits per heavy atom. The molecule has 1 amide bonds. The van der Waals surface area contributed by atoms with Crippen molar-refractivity contribution in [3.8, 4) is 11.5 Å². The molecule has 256 valence electrons. The zero-order valence-corrected chi connectivity index (χ0v) is 27.8. The first-order chi connectivity index (χ1) is 24.3. The number of benzene rings is 4. The highest BCUT2D eigenvalue weighted by molar-refractivity contribution is 6.04. The molecule has 7 rings (SSSR count). The molecule has 2 saturated heterocycles. The molecule has 0 spiro atoms. The molecule has 2 aliphatic rings. The van der Waals surface area contributed by atoms with Crippen molar-refractivity contribution >= 4 is 11.7 Å². The van der Waals surface area contributed by atoms with Crippen LogP contribution in [0.3, 0.4) is 0 Å². The highest BCUT2D eigenvalue weighted by Gasteiger charge is 2.65. The van der Waals surface area contributed by atoms with Gasteiger partial charge in [0, 0.05) is 17.3 Å². The Morgan fingerprint density at radius 1 is 0.900 bits per heavy atom. The minimum Gasteiger partial charge on any atom is -0.497 e. The molecule has 2 bridgehead atoms. The van der Waals surface area contributed by atoms with Crippen molar-refractivity contribution in [2.75, 3.05) is 32.8 Å². The lowest BCUT2D eigenvalue weighted by Crippen LogP contribution is -2.49. The Morgan fingerprint density at radius 3 is 2.02 bits per heavy atom. The van der Waals surface area contributed by atoms with E-state index in [2.05, 4.69) is 10.3 Å². The maximum atomic E-state index is 13.6. The fourth-order valence-corrected chi connectivity index (χ4v) is 6.77. The number of nitrogens with zero attached hydrogens (tertiary/aromatic N) is 2. The lowest BCUT2D eigenvalue weighted by atomic mass is 9.79. The van der Waals surface area contributed by atoms with Gasteiger partial charge in [0.15, 0.2) is 6.23 Å². The van der Waals surface area contributed by atoms with Crippen LogP contribution in [0.25, 0.3) is 0 Å². The molecular weight excluding hydrogens is 638 g/mol. The smallest absolute Gasteiger partial charge is 0.351 e. The Hall–Kier alpha value is -5.33. The first kappa shape index (κ1) is 33.2. The van der Waals surface area contributed by atoms with E-state index in [0.717, 1.165) is 16.7 Å². The number of carbonyl (C=O) groups is 1. The van der Waals surface area contributed by atoms with E-state index in [-0.39, 0.29) is 18.3 Å². The van der Waals surface area contributed by atoms with Crippen LogP contribution < -0.4 is 20.5 Å². The van der Waals surface area contributed by atoms with Crippen LogP contribution in [-0.4, -0.2) is 65.8 Å². The van der Waals surface area contributed by atoms with Crippen LogP contribution >= 0.6 is 0 Å². The standard InChI is InChI=1S/C39H37N3O8/c1-25-22-42(37(45)41-34(25)40-35(44)26-10-6-4-7-11-26)36-32-33(38(23-43,50-36)24-48-32)49-39(27-12-8-5-9-13-27,28-14-18-30(46-2)19-15-28)29-16-20-31(47-3)21-17-29/h4-22,32-33,36,43H,23-24H2,1-3H3,(H,40,41,44,45)/t32-,33+,36-,38+/m1/s1. The van der Waals surface area contributed by atoms with E-state index in [0.29, 0.717) is 22.6 Å². The van der Waals surface area contributed by atoms with Gasteiger partial charge in [-0.2, -0.15) is 4.98 Å². The summed E-state index contributed by atoms with van der Waals surface area (Å²) < 4.78 is 32.5. The highest BCUT2D eigenvalue weighted by Crippen LogP contribution is 2.51. The predicted octanol–water partition coefficient (Wildman–Crippen LogP) is 4.86. The molecule has 3 heterocycles. The number of fused-ring (bicyclic) bond motifs is 2. The monoisotopic (exact) mass is 675 g/mol. The van der Waals surface area contributed by atoms with Gasteiger partial charge in [0.05, 0.1) is 27.4 Å². The molecule has 0 unspecified atom stereocenters. The van der Waals surface area contributed by atoms with Gasteiger partial charge in [-0.05, 0) is 60.0 Å². The number of aliphatic hydroxyl groups excluding tert-OH is 1. The SMILES string of the molecule is COc1ccc(C(O[C@H]2[C@H]3OC[C@]2(CO)O[C@H]3n2cc(C)c(NC(=O)c3ccccc3)nc2=O)(c2ccccc2)c2ccc(OC)cc2)cc1. The summed E-state index contributed by atoms with van der Waals surface area (Å²) in [6.45, 7) is 1.34. The number of anilines is 1. The minimum absolute atomic E-state index is 0.0395. The Balaban J connectivity index is 1.30. The number of carbonyl (C=O) groups excluding carboxylic acids is 1. The lowest BCUT2D eigenvalue weighted by Gasteiger charge is -2.40. The van der Waals surface area contributed by atoms with Crippen molar-refractivity contribution in [2.24, 2.45) is 0 Å². The molecule has 4 atom stereocenters. The first-order valence-electron chi connectivity index (χ1n) is 16.2. The topological polar surface area (TPSA) is 130 Å². The fraction of sp³-hybridized carbons (Fsp3) is 0.256. The number of aliphatic hydroxyl groups is 1. The molecule has 2 N–H and O–H groups in total. The van der Waals surface area contributed by atoms with Gasteiger partial charge in [0.25, 0.3) is 5.91 Å². The van der Waals surface area contributed by atoms with E-state index in [1.54, 1.807) is 51.6 Å². The summed E-state index contributed by atoms with van der Waals surface area (Å²) in [5, 5.41) is 13.7. The molecule has 4 aromatic carbocycles. The van der Waals surface area contributed by atoms with Crippen molar-refractivity contribution < 1.29 is 33.6 Å². The van der Waals surface area contributed by atoms with Crippen LogP contribution in [0.1, 0.15) is 38.8 Å². The maximum absolute atomic E-state index is 13.6. The van der Waals surface area contributed by atoms with Gasteiger partial charge in [0.1, 0.15) is 40.7 Å². The van der Waals surface area contributed by atoms with Gasteiger partial charge in [-0.3, -0.25) is 9.36 Å². The van der Waals surface area contributed by atoms with E-state index in [4.69, 9.17) is 23.7 Å². The van der Waals surface area contributed by atoms with Crippen molar-refractivity contribution in [1.29, 1.82) is 0 Å². The number of hydrogen-bond acceptors (Lipinski definition) is 9. The quantitative estimate of drug-likeness (QED) is 0.189. The summed E-state index contributed by atoms with van der Waals surface area (Å²) in [5.74, 6) is 1.10. The summed E-state index contributed by atoms with van der Waals surface area (Å²) in [6, 6.07) is 33.7. The van der Waals surface area contributed by atoms with Gasteiger partial charge in [-0.1, -0.05) is 72.8 Å². The largest absolute Gasteiger partial charge is 0.497 e. The molecule has 2 aliphatic heterocycles. The molecule has 0 radical (unpaired) electrons. The second kappa shape index (κ2) is 13.5. The Kier molecular flexibility index (Phi) is 8.98. The van der Waals surface area contributed by atoms with E-state index in [1.807, 2.05) is 84.9 Å². The molecular formula is C39H37N3O8. The molecule has 50 heavy (non-hydrogen) atoms. The van der Waals surface area contributed by atoms with E-state index < -0.39 is 41.9 Å². The summed E-state index contributed by atoms with van der Waals surface area (Å²) in [4.78, 5) is 30.6. The number of aryl methyl sites for hydroxylation is 1. The summed E-state index contributed by atoms with van der Waals surface area (Å²) in [5.41, 5.74) is 0.152. The summed E-state index contributed by atoms with van der Waals surface area (Å²) >= 11 is 0. The van der Waals surface area contributed by atoms with Crippen LogP contribution in [0.4, 0.5) is 5.82 Å². The average molecular weight is 676 g/mol. The summed E-state index contributed by atoms with van der Waals surface area (Å²) in [6.07, 6.45) is -1.08. The average Bonchev–Trinajstić information content (AvgIpc) is 3.67. The second-order valence-electron chi connectivity index (χ2n) is 12.3. The van der Waals surface area contributed by atoms with Crippen LogP contribution in [0.5, 0.6) is 11.5 Å². The van der Waals surface area contributed by atoms with Gasteiger partial charge in [-0.25, -0.2) is 4.79 Å². The number of aromatic nitrogens is 2. The number of ether oxygens (including phenoxy) is 5. The number of rotatable bonds is 11. The van der Waals surface area contributed by atoms with Crippen LogP contribution in [-0.2, 0) is 19.8 Å². The number of hydrogen-bond donors (Lipinski definition) is 2. The van der Waals surface area contributed by atoms with Crippen molar-refractivity contribution in [2.45, 2.75) is 36.6 Å². The van der Waals surface area contributed by atoms with Gasteiger partial charge in [0.2, 0.25) is 0 Å². The Bertz CT molecular complexity index is 1970. The Labute approximate surface area is 289 Å². The van der Waals surface area contributed by atoms with Gasteiger partial charge < -0.3 is 34.1 Å². The fourth-order valence-electron chi connectivity index (χ4n) is 6.77. The van der Waals surface area contributed by atoms with E-state index in [1.165, 1.54) is 4.57 Å². The third-order valence-corrected chi connectivity index (χ3v) is 9.39. The van der Waals surface area contributed by atoms with Gasteiger partial charge in [-0.15, -0.1) is 0 Å². The number of methoxy groups -OCH3 is 2. The number of nitrogens with one attached hydrogen (secondary N) is 1. The van der Waals surface area contributed by atoms with E-state index in [9.17, 15) is 14.7 Å². The third kappa shape index (κ3) is 5.73. The third-order valence-electron chi connectivity index (χ3n) is 9.39. The van der Waals surface area contributed by atoms with Crippen molar-refractivity contribution in [3.63, 3.8) is 0 Å². The van der Waals surface area contributed by atoms with Gasteiger partial charge >= 0.3 is 5.69 Å². The zero-order valence-electron chi connectivity index (χ0n) is 27.8. The maximum Gasteiger partial charge on any atom is 0.351 e.